The van der Waals surface area contributed by atoms with Crippen LogP contribution in [0.4, 0.5) is 0 Å². The van der Waals surface area contributed by atoms with Crippen LogP contribution in [0.15, 0.2) is 28.9 Å². The van der Waals surface area contributed by atoms with E-state index in [1.807, 2.05) is 0 Å². The third-order valence-corrected chi connectivity index (χ3v) is 3.20. The van der Waals surface area contributed by atoms with Crippen LogP contribution in [0.1, 0.15) is 31.9 Å². The zero-order chi connectivity index (χ0) is 17.4. The number of nitrogens with zero attached hydrogens (tertiary/aromatic N) is 3. The molecule has 24 heavy (non-hydrogen) atoms. The lowest BCUT2D eigenvalue weighted by molar-refractivity contribution is -0.804. The van der Waals surface area contributed by atoms with Gasteiger partial charge in [-0.25, -0.2) is 0 Å². The van der Waals surface area contributed by atoms with Crippen molar-refractivity contribution in [3.63, 3.8) is 0 Å². The molecule has 126 valence electrons. The van der Waals surface area contributed by atoms with Crippen molar-refractivity contribution in [3.05, 3.63) is 35.2 Å². The Morgan fingerprint density at radius 2 is 2.12 bits per heavy atom. The summed E-state index contributed by atoms with van der Waals surface area (Å²) in [5, 5.41) is 23.7. The summed E-state index contributed by atoms with van der Waals surface area (Å²) < 4.78 is 14.8. The largest absolute Gasteiger partial charge is 0.494 e. The minimum atomic E-state index is -0.196. The molecule has 0 bridgehead atoms. The topological polar surface area (TPSA) is 112 Å². The molecule has 1 aromatic heterocycles. The molecule has 1 heterocycles. The first-order chi connectivity index (χ1) is 11.7. The van der Waals surface area contributed by atoms with E-state index in [9.17, 15) is 10.0 Å². The molecule has 1 aromatic carbocycles. The highest BCUT2D eigenvalue weighted by atomic mass is 16.8. The Balaban J connectivity index is 1.82. The number of unbranched alkanes of at least 4 members (excludes halogenated alkanes) is 1. The number of rotatable bonds is 8. The first-order valence-corrected chi connectivity index (χ1v) is 7.54. The average Bonchev–Trinajstić information content (AvgIpc) is 2.96. The highest BCUT2D eigenvalue weighted by Gasteiger charge is 2.20. The molecule has 0 N–H and O–H groups in total. The zero-order valence-electron chi connectivity index (χ0n) is 13.2. The minimum absolute atomic E-state index is 0.0727. The van der Waals surface area contributed by atoms with E-state index < -0.39 is 0 Å². The number of carbonyl (C=O) groups excluding carboxylic acids is 1. The number of hydrogen-bond acceptors (Lipinski definition) is 7. The first-order valence-electron chi connectivity index (χ1n) is 7.54. The molecule has 0 atom stereocenters. The van der Waals surface area contributed by atoms with Gasteiger partial charge in [-0.2, -0.15) is 5.26 Å². The minimum Gasteiger partial charge on any atom is -0.494 e. The molecule has 0 radical (unpaired) electrons. The monoisotopic (exact) mass is 331 g/mol. The molecule has 0 fully saturated rings. The van der Waals surface area contributed by atoms with Crippen LogP contribution in [0.3, 0.4) is 0 Å². The van der Waals surface area contributed by atoms with Gasteiger partial charge in [0.2, 0.25) is 0 Å². The molecule has 0 spiro atoms. The molecule has 0 saturated heterocycles. The molecule has 0 aliphatic rings. The first kappa shape index (κ1) is 17.3. The van der Waals surface area contributed by atoms with E-state index >= 15 is 0 Å². The van der Waals surface area contributed by atoms with Crippen LogP contribution in [-0.4, -0.2) is 24.3 Å². The molecule has 8 nitrogen and oxygen atoms in total. The number of benzene rings is 1. The number of aromatic nitrogens is 2. The van der Waals surface area contributed by atoms with Gasteiger partial charge in [0.1, 0.15) is 5.75 Å². The fourth-order valence-electron chi connectivity index (χ4n) is 2.04. The third-order valence-electron chi connectivity index (χ3n) is 3.20. The summed E-state index contributed by atoms with van der Waals surface area (Å²) >= 11 is 0. The van der Waals surface area contributed by atoms with Crippen LogP contribution >= 0.6 is 0 Å². The van der Waals surface area contributed by atoms with E-state index in [0.717, 1.165) is 6.42 Å². The number of carbonyl (C=O) groups is 1. The second-order valence-corrected chi connectivity index (χ2v) is 4.87. The van der Waals surface area contributed by atoms with Gasteiger partial charge in [-0.3, -0.25) is 9.42 Å². The summed E-state index contributed by atoms with van der Waals surface area (Å²) in [5.41, 5.74) is 0.579. The predicted molar refractivity (Wildman–Crippen MR) is 81.6 cm³/mol. The lowest BCUT2D eigenvalue weighted by atomic mass is 10.1. The maximum Gasteiger partial charge on any atom is 0.305 e. The molecule has 0 unspecified atom stereocenters. The summed E-state index contributed by atoms with van der Waals surface area (Å²) in [5.74, 6) is 0.449. The second kappa shape index (κ2) is 8.53. The quantitative estimate of drug-likeness (QED) is 0.413. The van der Waals surface area contributed by atoms with Crippen LogP contribution in [-0.2, 0) is 9.53 Å². The highest BCUT2D eigenvalue weighted by Crippen LogP contribution is 2.22. The fourth-order valence-corrected chi connectivity index (χ4v) is 2.04. The van der Waals surface area contributed by atoms with Crippen molar-refractivity contribution in [1.29, 1.82) is 5.26 Å². The SMILES string of the molecule is CCOC(=O)CCCCOc1ccc(-c2no[n+]([O-])c2C#N)cc1. The standard InChI is InChI=1S/C16H17N3O5/c1-2-22-15(20)5-3-4-10-23-13-8-6-12(7-9-13)16-14(11-17)19(21)24-18-16/h6-9H,2-5,10H2,1H3. The van der Waals surface area contributed by atoms with E-state index in [1.165, 1.54) is 0 Å². The normalized spacial score (nSPS) is 10.2. The second-order valence-electron chi connectivity index (χ2n) is 4.87. The lowest BCUT2D eigenvalue weighted by Gasteiger charge is -2.06. The number of nitriles is 1. The Hall–Kier alpha value is -3.08. The van der Waals surface area contributed by atoms with Crippen LogP contribution in [0.2, 0.25) is 0 Å². The Morgan fingerprint density at radius 3 is 2.79 bits per heavy atom. The predicted octanol–water partition coefficient (Wildman–Crippen LogP) is 1.96. The molecule has 8 heteroatoms. The Bertz CT molecular complexity index is 718. The van der Waals surface area contributed by atoms with Gasteiger partial charge < -0.3 is 14.7 Å². The van der Waals surface area contributed by atoms with E-state index in [4.69, 9.17) is 14.7 Å². The van der Waals surface area contributed by atoms with Crippen molar-refractivity contribution in [2.24, 2.45) is 0 Å². The van der Waals surface area contributed by atoms with Crippen molar-refractivity contribution in [2.75, 3.05) is 13.2 Å². The van der Waals surface area contributed by atoms with Crippen LogP contribution in [0, 0.1) is 16.5 Å². The summed E-state index contributed by atoms with van der Waals surface area (Å²) in [6, 6.07) is 8.55. The maximum absolute atomic E-state index is 11.2. The molecule has 2 aromatic rings. The van der Waals surface area contributed by atoms with Gasteiger partial charge in [-0.15, -0.1) is 0 Å². The average molecular weight is 331 g/mol. The zero-order valence-corrected chi connectivity index (χ0v) is 13.2. The Kier molecular flexibility index (Phi) is 6.14. The van der Waals surface area contributed by atoms with Gasteiger partial charge >= 0.3 is 11.7 Å². The van der Waals surface area contributed by atoms with Crippen LogP contribution < -0.4 is 9.64 Å². The van der Waals surface area contributed by atoms with E-state index in [0.29, 0.717) is 37.4 Å². The molecule has 2 rings (SSSR count). The molecule has 0 saturated carbocycles. The maximum atomic E-state index is 11.2. The van der Waals surface area contributed by atoms with Gasteiger partial charge in [0, 0.05) is 17.1 Å². The summed E-state index contributed by atoms with van der Waals surface area (Å²) in [7, 11) is 0. The van der Waals surface area contributed by atoms with Crippen LogP contribution in [0.5, 0.6) is 5.75 Å². The van der Waals surface area contributed by atoms with Crippen molar-refractivity contribution in [2.45, 2.75) is 26.2 Å². The van der Waals surface area contributed by atoms with Gasteiger partial charge in [-0.1, -0.05) is 0 Å². The number of ether oxygens (including phenoxy) is 2. The number of hydrogen-bond donors (Lipinski definition) is 0. The van der Waals surface area contributed by atoms with E-state index in [-0.39, 0.29) is 22.3 Å². The lowest BCUT2D eigenvalue weighted by Crippen LogP contribution is -2.26. The number of esters is 1. The van der Waals surface area contributed by atoms with Gasteiger partial charge in [0.25, 0.3) is 5.69 Å². The van der Waals surface area contributed by atoms with Crippen LogP contribution in [0.25, 0.3) is 11.3 Å². The van der Waals surface area contributed by atoms with Crippen molar-refractivity contribution < 1.29 is 23.8 Å². The van der Waals surface area contributed by atoms with Crippen molar-refractivity contribution in [3.8, 4) is 23.1 Å². The molecule has 0 aliphatic carbocycles. The van der Waals surface area contributed by atoms with Gasteiger partial charge in [-0.05, 0) is 48.9 Å². The smallest absolute Gasteiger partial charge is 0.305 e. The third kappa shape index (κ3) is 4.46. The molecular formula is C16H17N3O5. The highest BCUT2D eigenvalue weighted by molar-refractivity contribution is 5.69. The molecule has 0 amide bonds. The molecular weight excluding hydrogens is 314 g/mol. The molecule has 0 aliphatic heterocycles. The fraction of sp³-hybridized carbons (Fsp3) is 0.375. The Morgan fingerprint density at radius 1 is 1.38 bits per heavy atom. The van der Waals surface area contributed by atoms with Crippen molar-refractivity contribution in [1.82, 2.24) is 5.16 Å². The van der Waals surface area contributed by atoms with Crippen molar-refractivity contribution >= 4 is 5.97 Å². The summed E-state index contributed by atoms with van der Waals surface area (Å²) in [6.45, 7) is 2.65. The Labute approximate surface area is 138 Å². The van der Waals surface area contributed by atoms with E-state index in [2.05, 4.69) is 9.79 Å². The van der Waals surface area contributed by atoms with E-state index in [1.54, 1.807) is 37.3 Å². The summed E-state index contributed by atoms with van der Waals surface area (Å²) in [6.07, 6.45) is 1.82. The van der Waals surface area contributed by atoms with Gasteiger partial charge in [0.05, 0.1) is 13.2 Å². The summed E-state index contributed by atoms with van der Waals surface area (Å²) in [4.78, 5) is 11.3. The van der Waals surface area contributed by atoms with Gasteiger partial charge in [0.15, 0.2) is 6.07 Å².